The maximum Gasteiger partial charge on any atom is 0.227 e. The van der Waals surface area contributed by atoms with Gasteiger partial charge in [-0.1, -0.05) is 20.8 Å². The molecule has 0 atom stereocenters. The summed E-state index contributed by atoms with van der Waals surface area (Å²) in [6.07, 6.45) is 3.16. The van der Waals surface area contributed by atoms with E-state index >= 15 is 0 Å². The molecule has 0 aromatic rings. The smallest absolute Gasteiger partial charge is 0.227 e. The number of nitrogens with one attached hydrogen (secondary N) is 2. The van der Waals surface area contributed by atoms with Gasteiger partial charge in [0.1, 0.15) is 0 Å². The molecule has 1 fully saturated rings. The molecule has 0 spiro atoms. The molecule has 0 heterocycles. The van der Waals surface area contributed by atoms with E-state index in [0.717, 1.165) is 32.4 Å². The van der Waals surface area contributed by atoms with Gasteiger partial charge in [-0.2, -0.15) is 0 Å². The molecule has 1 rings (SSSR count). The first kappa shape index (κ1) is 12.5. The molecule has 0 radical (unpaired) electrons. The van der Waals surface area contributed by atoms with Crippen molar-refractivity contribution in [3.05, 3.63) is 0 Å². The number of hydrogen-bond donors (Lipinski definition) is 2. The Morgan fingerprint density at radius 1 is 1.40 bits per heavy atom. The van der Waals surface area contributed by atoms with E-state index in [4.69, 9.17) is 0 Å². The summed E-state index contributed by atoms with van der Waals surface area (Å²) in [6, 6.07) is 0. The monoisotopic (exact) mass is 212 g/mol. The first-order valence-electron chi connectivity index (χ1n) is 5.89. The van der Waals surface area contributed by atoms with Crippen LogP contribution in [0.2, 0.25) is 0 Å². The Labute approximate surface area is 93.0 Å². The van der Waals surface area contributed by atoms with Crippen molar-refractivity contribution in [3.8, 4) is 0 Å². The van der Waals surface area contributed by atoms with Gasteiger partial charge in [0.15, 0.2) is 0 Å². The van der Waals surface area contributed by atoms with Gasteiger partial charge in [-0.3, -0.25) is 4.79 Å². The summed E-state index contributed by atoms with van der Waals surface area (Å²) in [6.45, 7) is 8.13. The highest BCUT2D eigenvalue weighted by molar-refractivity contribution is 5.85. The topological polar surface area (TPSA) is 41.1 Å². The van der Waals surface area contributed by atoms with E-state index in [2.05, 4.69) is 31.4 Å². The molecule has 0 aromatic carbocycles. The van der Waals surface area contributed by atoms with E-state index in [1.807, 2.05) is 7.05 Å². The molecule has 1 aliphatic rings. The van der Waals surface area contributed by atoms with Crippen molar-refractivity contribution in [2.24, 2.45) is 10.8 Å². The molecule has 1 saturated carbocycles. The number of amides is 1. The SMILES string of the molecule is CCC(C)(C)CNC(=O)C1(CNC)CC1. The zero-order valence-electron chi connectivity index (χ0n) is 10.4. The first-order chi connectivity index (χ1) is 6.96. The van der Waals surface area contributed by atoms with Crippen LogP contribution in [-0.4, -0.2) is 26.0 Å². The second kappa shape index (κ2) is 4.52. The standard InChI is InChI=1S/C12H24N2O/c1-5-11(2,3)8-14-10(15)12(6-7-12)9-13-4/h13H,5-9H2,1-4H3,(H,14,15). The van der Waals surface area contributed by atoms with Crippen LogP contribution in [0.25, 0.3) is 0 Å². The molecule has 1 aliphatic carbocycles. The van der Waals surface area contributed by atoms with Crippen molar-refractivity contribution >= 4 is 5.91 Å². The predicted molar refractivity (Wildman–Crippen MR) is 62.7 cm³/mol. The van der Waals surface area contributed by atoms with Crippen molar-refractivity contribution < 1.29 is 4.79 Å². The third-order valence-corrected chi connectivity index (χ3v) is 3.53. The van der Waals surface area contributed by atoms with Gasteiger partial charge in [0.05, 0.1) is 5.41 Å². The summed E-state index contributed by atoms with van der Waals surface area (Å²) in [5.41, 5.74) is 0.129. The molecule has 88 valence electrons. The summed E-state index contributed by atoms with van der Waals surface area (Å²) in [7, 11) is 1.91. The molecule has 0 unspecified atom stereocenters. The predicted octanol–water partition coefficient (Wildman–Crippen LogP) is 1.54. The Kier molecular flexibility index (Phi) is 3.77. The molecule has 15 heavy (non-hydrogen) atoms. The van der Waals surface area contributed by atoms with E-state index in [9.17, 15) is 4.79 Å². The Morgan fingerprint density at radius 3 is 2.40 bits per heavy atom. The largest absolute Gasteiger partial charge is 0.355 e. The lowest BCUT2D eigenvalue weighted by Crippen LogP contribution is -2.41. The minimum atomic E-state index is -0.0848. The Balaban J connectivity index is 2.37. The van der Waals surface area contributed by atoms with E-state index in [-0.39, 0.29) is 16.7 Å². The highest BCUT2D eigenvalue weighted by atomic mass is 16.2. The summed E-state index contributed by atoms with van der Waals surface area (Å²) < 4.78 is 0. The minimum Gasteiger partial charge on any atom is -0.355 e. The zero-order valence-corrected chi connectivity index (χ0v) is 10.4. The Bertz CT molecular complexity index is 232. The highest BCUT2D eigenvalue weighted by Gasteiger charge is 2.49. The van der Waals surface area contributed by atoms with Gasteiger partial charge < -0.3 is 10.6 Å². The highest BCUT2D eigenvalue weighted by Crippen LogP contribution is 2.45. The third kappa shape index (κ3) is 3.20. The molecule has 0 aromatic heterocycles. The van der Waals surface area contributed by atoms with Crippen molar-refractivity contribution in [2.75, 3.05) is 20.1 Å². The lowest BCUT2D eigenvalue weighted by atomic mass is 9.90. The Morgan fingerprint density at radius 2 is 2.00 bits per heavy atom. The van der Waals surface area contributed by atoms with Crippen LogP contribution in [0.1, 0.15) is 40.0 Å². The summed E-state index contributed by atoms with van der Waals surface area (Å²) >= 11 is 0. The fourth-order valence-electron chi connectivity index (χ4n) is 1.61. The van der Waals surface area contributed by atoms with Gasteiger partial charge in [-0.05, 0) is 31.7 Å². The fraction of sp³-hybridized carbons (Fsp3) is 0.917. The second-order valence-electron chi connectivity index (χ2n) is 5.51. The Hall–Kier alpha value is -0.570. The minimum absolute atomic E-state index is 0.0848. The lowest BCUT2D eigenvalue weighted by molar-refractivity contribution is -0.126. The van der Waals surface area contributed by atoms with Gasteiger partial charge in [0, 0.05) is 13.1 Å². The van der Waals surface area contributed by atoms with Crippen molar-refractivity contribution in [1.29, 1.82) is 0 Å². The number of rotatable bonds is 6. The molecular formula is C12H24N2O. The van der Waals surface area contributed by atoms with E-state index in [0.29, 0.717) is 0 Å². The molecule has 0 bridgehead atoms. The number of hydrogen-bond acceptors (Lipinski definition) is 2. The van der Waals surface area contributed by atoms with Crippen molar-refractivity contribution in [1.82, 2.24) is 10.6 Å². The zero-order chi connectivity index (χ0) is 11.5. The van der Waals surface area contributed by atoms with Crippen LogP contribution in [0.5, 0.6) is 0 Å². The van der Waals surface area contributed by atoms with Gasteiger partial charge >= 0.3 is 0 Å². The summed E-state index contributed by atoms with van der Waals surface area (Å²) in [4.78, 5) is 11.9. The summed E-state index contributed by atoms with van der Waals surface area (Å²) in [5.74, 6) is 0.235. The molecule has 3 nitrogen and oxygen atoms in total. The van der Waals surface area contributed by atoms with Crippen LogP contribution in [0.3, 0.4) is 0 Å². The molecular weight excluding hydrogens is 188 g/mol. The van der Waals surface area contributed by atoms with Crippen molar-refractivity contribution in [3.63, 3.8) is 0 Å². The molecule has 1 amide bonds. The molecule has 2 N–H and O–H groups in total. The number of carbonyl (C=O) groups is 1. The lowest BCUT2D eigenvalue weighted by Gasteiger charge is -2.24. The fourth-order valence-corrected chi connectivity index (χ4v) is 1.61. The molecule has 0 aliphatic heterocycles. The third-order valence-electron chi connectivity index (χ3n) is 3.53. The maximum atomic E-state index is 11.9. The maximum absolute atomic E-state index is 11.9. The summed E-state index contributed by atoms with van der Waals surface area (Å²) in [5, 5.41) is 6.18. The van der Waals surface area contributed by atoms with E-state index in [1.165, 1.54) is 0 Å². The van der Waals surface area contributed by atoms with Gasteiger partial charge in [-0.25, -0.2) is 0 Å². The van der Waals surface area contributed by atoms with Gasteiger partial charge in [0.25, 0.3) is 0 Å². The van der Waals surface area contributed by atoms with Crippen molar-refractivity contribution in [2.45, 2.75) is 40.0 Å². The van der Waals surface area contributed by atoms with E-state index < -0.39 is 0 Å². The molecule has 0 saturated heterocycles. The van der Waals surface area contributed by atoms with Crippen LogP contribution < -0.4 is 10.6 Å². The first-order valence-corrected chi connectivity index (χ1v) is 5.89. The van der Waals surface area contributed by atoms with Gasteiger partial charge in [-0.15, -0.1) is 0 Å². The number of carbonyl (C=O) groups excluding carboxylic acids is 1. The van der Waals surface area contributed by atoms with Crippen LogP contribution in [-0.2, 0) is 4.79 Å². The van der Waals surface area contributed by atoms with Crippen LogP contribution in [0, 0.1) is 10.8 Å². The normalized spacial score (nSPS) is 18.7. The van der Waals surface area contributed by atoms with Crippen LogP contribution >= 0.6 is 0 Å². The average molecular weight is 212 g/mol. The average Bonchev–Trinajstić information content (AvgIpc) is 2.96. The van der Waals surface area contributed by atoms with Crippen LogP contribution in [0.4, 0.5) is 0 Å². The van der Waals surface area contributed by atoms with Gasteiger partial charge in [0.2, 0.25) is 5.91 Å². The van der Waals surface area contributed by atoms with E-state index in [1.54, 1.807) is 0 Å². The van der Waals surface area contributed by atoms with Crippen LogP contribution in [0.15, 0.2) is 0 Å². The quantitative estimate of drug-likeness (QED) is 0.701. The molecule has 3 heteroatoms. The second-order valence-corrected chi connectivity index (χ2v) is 5.51.